The van der Waals surface area contributed by atoms with Crippen molar-refractivity contribution in [3.05, 3.63) is 29.3 Å². The maximum absolute atomic E-state index is 6.20. The molecule has 1 aliphatic heterocycles. The van der Waals surface area contributed by atoms with Crippen LogP contribution in [0.4, 0.5) is 0 Å². The highest BCUT2D eigenvalue weighted by atomic mass is 16.7. The summed E-state index contributed by atoms with van der Waals surface area (Å²) in [4.78, 5) is 0. The van der Waals surface area contributed by atoms with E-state index in [0.717, 1.165) is 6.42 Å². The number of rotatable bonds is 2. The molecule has 0 saturated carbocycles. The van der Waals surface area contributed by atoms with Gasteiger partial charge in [-0.25, -0.2) is 0 Å². The van der Waals surface area contributed by atoms with Crippen LogP contribution in [0.3, 0.4) is 0 Å². The molecular weight excluding hydrogens is 259 g/mol. The molecule has 0 bridgehead atoms. The van der Waals surface area contributed by atoms with Gasteiger partial charge in [0.2, 0.25) is 0 Å². The average molecular weight is 288 g/mol. The second-order valence-corrected chi connectivity index (χ2v) is 8.11. The quantitative estimate of drug-likeness (QED) is 0.770. The van der Waals surface area contributed by atoms with Gasteiger partial charge in [-0.1, -0.05) is 45.9 Å². The van der Waals surface area contributed by atoms with Crippen molar-refractivity contribution in [3.8, 4) is 0 Å². The number of hydrogen-bond acceptors (Lipinski definition) is 2. The standard InChI is InChI=1S/C18H29BO2/c1-9-13-12-14(16(2,3)4)10-11-15(13)19-20-17(5,6)18(7,8)21-19/h10-12H,9H2,1-8H3. The molecule has 0 N–H and O–H groups in total. The van der Waals surface area contributed by atoms with E-state index in [4.69, 9.17) is 9.31 Å². The topological polar surface area (TPSA) is 18.5 Å². The minimum absolute atomic E-state index is 0.165. The van der Waals surface area contributed by atoms with Crippen LogP contribution in [0.15, 0.2) is 18.2 Å². The Labute approximate surface area is 130 Å². The summed E-state index contributed by atoms with van der Waals surface area (Å²) >= 11 is 0. The van der Waals surface area contributed by atoms with Crippen LogP contribution in [0.25, 0.3) is 0 Å². The first-order chi connectivity index (χ1) is 9.48. The fourth-order valence-corrected chi connectivity index (χ4v) is 2.58. The van der Waals surface area contributed by atoms with Gasteiger partial charge in [-0.15, -0.1) is 0 Å². The van der Waals surface area contributed by atoms with E-state index >= 15 is 0 Å². The molecule has 3 heteroatoms. The summed E-state index contributed by atoms with van der Waals surface area (Å²) in [6.07, 6.45) is 0.989. The molecule has 2 rings (SSSR count). The molecule has 1 heterocycles. The molecule has 1 aromatic carbocycles. The zero-order chi connectivity index (χ0) is 16.1. The Morgan fingerprint density at radius 1 is 1.00 bits per heavy atom. The third-order valence-corrected chi connectivity index (χ3v) is 4.90. The molecule has 1 aliphatic rings. The van der Waals surface area contributed by atoms with E-state index in [2.05, 4.69) is 73.6 Å². The Morgan fingerprint density at radius 2 is 1.52 bits per heavy atom. The lowest BCUT2D eigenvalue weighted by atomic mass is 9.73. The van der Waals surface area contributed by atoms with Crippen LogP contribution in [0.5, 0.6) is 0 Å². The van der Waals surface area contributed by atoms with E-state index < -0.39 is 0 Å². The summed E-state index contributed by atoms with van der Waals surface area (Å²) in [6, 6.07) is 6.70. The average Bonchev–Trinajstić information content (AvgIpc) is 2.56. The van der Waals surface area contributed by atoms with Crippen LogP contribution in [0, 0.1) is 0 Å². The highest BCUT2D eigenvalue weighted by Gasteiger charge is 2.52. The van der Waals surface area contributed by atoms with E-state index in [1.54, 1.807) is 0 Å². The molecule has 21 heavy (non-hydrogen) atoms. The third-order valence-electron chi connectivity index (χ3n) is 4.90. The van der Waals surface area contributed by atoms with Crippen LogP contribution in [-0.2, 0) is 21.1 Å². The predicted molar refractivity (Wildman–Crippen MR) is 90.2 cm³/mol. The minimum Gasteiger partial charge on any atom is -0.399 e. The zero-order valence-electron chi connectivity index (χ0n) is 14.8. The largest absolute Gasteiger partial charge is 0.495 e. The van der Waals surface area contributed by atoms with E-state index in [-0.39, 0.29) is 23.7 Å². The molecule has 1 fully saturated rings. The third kappa shape index (κ3) is 3.05. The second kappa shape index (κ2) is 5.14. The van der Waals surface area contributed by atoms with E-state index in [0.29, 0.717) is 0 Å². The van der Waals surface area contributed by atoms with Gasteiger partial charge in [0.15, 0.2) is 0 Å². The van der Waals surface area contributed by atoms with Gasteiger partial charge in [0.05, 0.1) is 11.2 Å². The van der Waals surface area contributed by atoms with Crippen LogP contribution < -0.4 is 5.46 Å². The van der Waals surface area contributed by atoms with Gasteiger partial charge in [0.1, 0.15) is 0 Å². The smallest absolute Gasteiger partial charge is 0.399 e. The summed E-state index contributed by atoms with van der Waals surface area (Å²) < 4.78 is 12.4. The van der Waals surface area contributed by atoms with Crippen LogP contribution in [-0.4, -0.2) is 18.3 Å². The number of hydrogen-bond donors (Lipinski definition) is 0. The lowest BCUT2D eigenvalue weighted by Gasteiger charge is -2.32. The second-order valence-electron chi connectivity index (χ2n) is 8.11. The van der Waals surface area contributed by atoms with E-state index in [1.165, 1.54) is 16.6 Å². The Balaban J connectivity index is 2.38. The summed E-state index contributed by atoms with van der Waals surface area (Å²) in [5, 5.41) is 0. The first kappa shape index (κ1) is 16.6. The Kier molecular flexibility index (Phi) is 4.05. The van der Waals surface area contributed by atoms with Gasteiger partial charge in [-0.05, 0) is 56.1 Å². The highest BCUT2D eigenvalue weighted by molar-refractivity contribution is 6.62. The Bertz CT molecular complexity index is 511. The van der Waals surface area contributed by atoms with Gasteiger partial charge in [0.25, 0.3) is 0 Å². The Morgan fingerprint density at radius 3 is 1.95 bits per heavy atom. The summed E-state index contributed by atoms with van der Waals surface area (Å²) in [7, 11) is -0.265. The van der Waals surface area contributed by atoms with Gasteiger partial charge in [0, 0.05) is 0 Å². The summed E-state index contributed by atoms with van der Waals surface area (Å²) in [5.74, 6) is 0. The predicted octanol–water partition coefficient (Wildman–Crippen LogP) is 3.85. The fraction of sp³-hybridized carbons (Fsp3) is 0.667. The molecular formula is C18H29BO2. The molecule has 0 atom stereocenters. The maximum Gasteiger partial charge on any atom is 0.495 e. The molecule has 0 amide bonds. The number of benzene rings is 1. The van der Waals surface area contributed by atoms with Gasteiger partial charge < -0.3 is 9.31 Å². The molecule has 1 aromatic rings. The van der Waals surface area contributed by atoms with Gasteiger partial charge in [-0.2, -0.15) is 0 Å². The highest BCUT2D eigenvalue weighted by Crippen LogP contribution is 2.37. The first-order valence-corrected chi connectivity index (χ1v) is 7.97. The van der Waals surface area contributed by atoms with Crippen molar-refractivity contribution in [2.75, 3.05) is 0 Å². The summed E-state index contributed by atoms with van der Waals surface area (Å²) in [6.45, 7) is 17.3. The lowest BCUT2D eigenvalue weighted by molar-refractivity contribution is 0.00578. The SMILES string of the molecule is CCc1cc(C(C)(C)C)ccc1B1OC(C)(C)C(C)(C)O1. The lowest BCUT2D eigenvalue weighted by Crippen LogP contribution is -2.41. The normalized spacial score (nSPS) is 20.9. The van der Waals surface area contributed by atoms with Crippen molar-refractivity contribution in [1.82, 2.24) is 0 Å². The monoisotopic (exact) mass is 288 g/mol. The first-order valence-electron chi connectivity index (χ1n) is 7.97. The molecule has 0 aliphatic carbocycles. The van der Waals surface area contributed by atoms with Gasteiger partial charge in [-0.3, -0.25) is 0 Å². The van der Waals surface area contributed by atoms with Crippen molar-refractivity contribution in [1.29, 1.82) is 0 Å². The maximum atomic E-state index is 6.20. The molecule has 0 unspecified atom stereocenters. The fourth-order valence-electron chi connectivity index (χ4n) is 2.58. The van der Waals surface area contributed by atoms with Crippen molar-refractivity contribution in [2.45, 2.75) is 78.4 Å². The molecule has 0 radical (unpaired) electrons. The van der Waals surface area contributed by atoms with E-state index in [9.17, 15) is 0 Å². The minimum atomic E-state index is -0.286. The van der Waals surface area contributed by atoms with Crippen molar-refractivity contribution in [2.24, 2.45) is 0 Å². The molecule has 2 nitrogen and oxygen atoms in total. The molecule has 1 saturated heterocycles. The van der Waals surface area contributed by atoms with Crippen molar-refractivity contribution < 1.29 is 9.31 Å². The summed E-state index contributed by atoms with van der Waals surface area (Å²) in [5.41, 5.74) is 3.44. The van der Waals surface area contributed by atoms with Crippen molar-refractivity contribution in [3.63, 3.8) is 0 Å². The van der Waals surface area contributed by atoms with E-state index in [1.807, 2.05) is 0 Å². The van der Waals surface area contributed by atoms with Gasteiger partial charge >= 0.3 is 7.12 Å². The number of aryl methyl sites for hydroxylation is 1. The molecule has 0 aromatic heterocycles. The van der Waals surface area contributed by atoms with Crippen molar-refractivity contribution >= 4 is 12.6 Å². The van der Waals surface area contributed by atoms with Crippen LogP contribution in [0.2, 0.25) is 0 Å². The molecule has 0 spiro atoms. The van der Waals surface area contributed by atoms with Crippen LogP contribution >= 0.6 is 0 Å². The molecule has 116 valence electrons. The Hall–Kier alpha value is -0.795. The van der Waals surface area contributed by atoms with Crippen LogP contribution in [0.1, 0.15) is 66.5 Å². The zero-order valence-corrected chi connectivity index (χ0v) is 14.8.